The molecular formula is C15H22N2S. The summed E-state index contributed by atoms with van der Waals surface area (Å²) in [7, 11) is 0. The molecule has 0 saturated carbocycles. The average Bonchev–Trinajstić information content (AvgIpc) is 2.29. The topological polar surface area (TPSA) is 35.8 Å². The first-order valence-electron chi connectivity index (χ1n) is 6.21. The summed E-state index contributed by atoms with van der Waals surface area (Å²) in [5.74, 6) is 1.78. The largest absolute Gasteiger partial charge is 0.296 e. The van der Waals surface area contributed by atoms with E-state index in [9.17, 15) is 0 Å². The van der Waals surface area contributed by atoms with E-state index in [2.05, 4.69) is 63.3 Å². The summed E-state index contributed by atoms with van der Waals surface area (Å²) >= 11 is 1.80. The summed E-state index contributed by atoms with van der Waals surface area (Å²) in [6.07, 6.45) is 0. The molecule has 1 N–H and O–H groups in total. The molecule has 3 heteroatoms. The Kier molecular flexibility index (Phi) is 5.71. The van der Waals surface area contributed by atoms with Gasteiger partial charge in [-0.25, -0.2) is 0 Å². The van der Waals surface area contributed by atoms with Crippen LogP contribution in [0.25, 0.3) is 0 Å². The average molecular weight is 262 g/mol. The highest BCUT2D eigenvalue weighted by Gasteiger charge is 2.16. The SMILES string of the molecule is Cc1ccc(CSCC(C#N)NC(C)(C)C)cc1. The molecule has 0 fully saturated rings. The molecule has 0 heterocycles. The van der Waals surface area contributed by atoms with Crippen LogP contribution in [0.4, 0.5) is 0 Å². The zero-order valence-electron chi connectivity index (χ0n) is 11.7. The Morgan fingerprint density at radius 2 is 1.89 bits per heavy atom. The minimum absolute atomic E-state index is 0.00911. The van der Waals surface area contributed by atoms with Crippen LogP contribution in [-0.2, 0) is 5.75 Å². The summed E-state index contributed by atoms with van der Waals surface area (Å²) in [6, 6.07) is 10.8. The molecule has 2 nitrogen and oxygen atoms in total. The molecule has 0 spiro atoms. The normalized spacial score (nSPS) is 13.1. The molecule has 0 aliphatic carbocycles. The van der Waals surface area contributed by atoms with Gasteiger partial charge in [0.25, 0.3) is 0 Å². The number of benzene rings is 1. The Hall–Kier alpha value is -0.980. The Labute approximate surface area is 115 Å². The van der Waals surface area contributed by atoms with Crippen molar-refractivity contribution in [3.8, 4) is 6.07 Å². The van der Waals surface area contributed by atoms with E-state index in [1.807, 2.05) is 0 Å². The number of nitrogens with one attached hydrogen (secondary N) is 1. The number of nitrogens with zero attached hydrogens (tertiary/aromatic N) is 1. The molecule has 1 rings (SSSR count). The van der Waals surface area contributed by atoms with E-state index in [0.29, 0.717) is 0 Å². The van der Waals surface area contributed by atoms with Crippen molar-refractivity contribution in [2.24, 2.45) is 0 Å². The van der Waals surface area contributed by atoms with Gasteiger partial charge >= 0.3 is 0 Å². The Balaban J connectivity index is 2.36. The van der Waals surface area contributed by atoms with Crippen molar-refractivity contribution in [1.29, 1.82) is 5.26 Å². The molecule has 0 aromatic heterocycles. The molecule has 0 aliphatic heterocycles. The van der Waals surface area contributed by atoms with Gasteiger partial charge in [0, 0.05) is 17.0 Å². The predicted molar refractivity (Wildman–Crippen MR) is 79.6 cm³/mol. The van der Waals surface area contributed by atoms with Gasteiger partial charge in [0.15, 0.2) is 0 Å². The van der Waals surface area contributed by atoms with E-state index in [4.69, 9.17) is 5.26 Å². The van der Waals surface area contributed by atoms with Crippen molar-refractivity contribution in [2.45, 2.75) is 45.0 Å². The lowest BCUT2D eigenvalue weighted by atomic mass is 10.1. The van der Waals surface area contributed by atoms with Crippen molar-refractivity contribution in [3.05, 3.63) is 35.4 Å². The number of aryl methyl sites for hydroxylation is 1. The predicted octanol–water partition coefficient (Wildman–Crippen LogP) is 3.51. The highest BCUT2D eigenvalue weighted by Crippen LogP contribution is 2.14. The van der Waals surface area contributed by atoms with Crippen LogP contribution >= 0.6 is 11.8 Å². The van der Waals surface area contributed by atoms with E-state index in [-0.39, 0.29) is 11.6 Å². The Morgan fingerprint density at radius 1 is 1.28 bits per heavy atom. The second-order valence-corrected chi connectivity index (χ2v) is 6.61. The Bertz CT molecular complexity index is 398. The van der Waals surface area contributed by atoms with Crippen LogP contribution in [-0.4, -0.2) is 17.3 Å². The van der Waals surface area contributed by atoms with Gasteiger partial charge in [0.2, 0.25) is 0 Å². The molecule has 0 bridgehead atoms. The van der Waals surface area contributed by atoms with Gasteiger partial charge in [0.1, 0.15) is 6.04 Å². The lowest BCUT2D eigenvalue weighted by molar-refractivity contribution is 0.410. The molecule has 0 saturated heterocycles. The van der Waals surface area contributed by atoms with Gasteiger partial charge in [-0.1, -0.05) is 29.8 Å². The number of thioether (sulfide) groups is 1. The molecule has 0 aliphatic rings. The first-order chi connectivity index (χ1) is 8.40. The van der Waals surface area contributed by atoms with Crippen LogP contribution in [0.1, 0.15) is 31.9 Å². The van der Waals surface area contributed by atoms with Gasteiger partial charge in [0.05, 0.1) is 6.07 Å². The van der Waals surface area contributed by atoms with Gasteiger partial charge in [-0.2, -0.15) is 17.0 Å². The van der Waals surface area contributed by atoms with E-state index in [0.717, 1.165) is 11.5 Å². The van der Waals surface area contributed by atoms with Crippen molar-refractivity contribution in [1.82, 2.24) is 5.32 Å². The lowest BCUT2D eigenvalue weighted by Gasteiger charge is -2.24. The summed E-state index contributed by atoms with van der Waals surface area (Å²) in [6.45, 7) is 8.35. The molecule has 1 aromatic rings. The van der Waals surface area contributed by atoms with Crippen molar-refractivity contribution in [3.63, 3.8) is 0 Å². The highest BCUT2D eigenvalue weighted by atomic mass is 32.2. The Morgan fingerprint density at radius 3 is 2.39 bits per heavy atom. The maximum absolute atomic E-state index is 9.10. The van der Waals surface area contributed by atoms with Crippen LogP contribution in [0.15, 0.2) is 24.3 Å². The molecule has 1 unspecified atom stereocenters. The molecular weight excluding hydrogens is 240 g/mol. The summed E-state index contributed by atoms with van der Waals surface area (Å²) in [5.41, 5.74) is 2.59. The van der Waals surface area contributed by atoms with Crippen molar-refractivity contribution >= 4 is 11.8 Å². The third-order valence-corrected chi connectivity index (χ3v) is 3.54. The van der Waals surface area contributed by atoms with Crippen LogP contribution in [0, 0.1) is 18.3 Å². The fourth-order valence-electron chi connectivity index (χ4n) is 1.61. The smallest absolute Gasteiger partial charge is 0.105 e. The second kappa shape index (κ2) is 6.82. The lowest BCUT2D eigenvalue weighted by Crippen LogP contribution is -2.44. The first-order valence-corrected chi connectivity index (χ1v) is 7.37. The molecule has 0 amide bonds. The van der Waals surface area contributed by atoms with Crippen LogP contribution < -0.4 is 5.32 Å². The van der Waals surface area contributed by atoms with Crippen LogP contribution in [0.3, 0.4) is 0 Å². The summed E-state index contributed by atoms with van der Waals surface area (Å²) in [4.78, 5) is 0. The van der Waals surface area contributed by atoms with Gasteiger partial charge < -0.3 is 0 Å². The third kappa shape index (κ3) is 6.09. The molecule has 98 valence electrons. The van der Waals surface area contributed by atoms with E-state index in [1.54, 1.807) is 11.8 Å². The minimum atomic E-state index is -0.0829. The van der Waals surface area contributed by atoms with E-state index in [1.165, 1.54) is 11.1 Å². The van der Waals surface area contributed by atoms with Crippen molar-refractivity contribution in [2.75, 3.05) is 5.75 Å². The van der Waals surface area contributed by atoms with Crippen LogP contribution in [0.2, 0.25) is 0 Å². The van der Waals surface area contributed by atoms with Gasteiger partial charge in [-0.3, -0.25) is 5.32 Å². The van der Waals surface area contributed by atoms with Crippen molar-refractivity contribution < 1.29 is 0 Å². The molecule has 18 heavy (non-hydrogen) atoms. The van der Waals surface area contributed by atoms with Gasteiger partial charge in [-0.15, -0.1) is 0 Å². The second-order valence-electron chi connectivity index (χ2n) is 5.58. The first kappa shape index (κ1) is 15.1. The zero-order valence-corrected chi connectivity index (χ0v) is 12.5. The number of rotatable bonds is 5. The molecule has 0 radical (unpaired) electrons. The standard InChI is InChI=1S/C15H22N2S/c1-12-5-7-13(8-6-12)10-18-11-14(9-16)17-15(2,3)4/h5-8,14,17H,10-11H2,1-4H3. The van der Waals surface area contributed by atoms with E-state index < -0.39 is 0 Å². The highest BCUT2D eigenvalue weighted by molar-refractivity contribution is 7.98. The minimum Gasteiger partial charge on any atom is -0.296 e. The fourth-order valence-corrected chi connectivity index (χ4v) is 2.55. The number of hydrogen-bond acceptors (Lipinski definition) is 3. The summed E-state index contributed by atoms with van der Waals surface area (Å²) in [5, 5.41) is 12.4. The third-order valence-electron chi connectivity index (χ3n) is 2.44. The molecule has 1 aromatic carbocycles. The maximum atomic E-state index is 9.10. The number of hydrogen-bond donors (Lipinski definition) is 1. The van der Waals surface area contributed by atoms with Gasteiger partial charge in [-0.05, 0) is 33.3 Å². The fraction of sp³-hybridized carbons (Fsp3) is 0.533. The van der Waals surface area contributed by atoms with Crippen LogP contribution in [0.5, 0.6) is 0 Å². The monoisotopic (exact) mass is 262 g/mol. The molecule has 1 atom stereocenters. The maximum Gasteiger partial charge on any atom is 0.105 e. The zero-order chi connectivity index (χ0) is 13.6. The summed E-state index contributed by atoms with van der Waals surface area (Å²) < 4.78 is 0. The quantitative estimate of drug-likeness (QED) is 0.882. The van der Waals surface area contributed by atoms with E-state index >= 15 is 0 Å². The number of nitriles is 1.